The number of ketones is 1. The quantitative estimate of drug-likeness (QED) is 0.329. The van der Waals surface area contributed by atoms with Crippen molar-refractivity contribution in [3.05, 3.63) is 118 Å². The van der Waals surface area contributed by atoms with Crippen LogP contribution >= 0.6 is 11.6 Å². The summed E-state index contributed by atoms with van der Waals surface area (Å²) in [4.78, 5) is 13.4. The zero-order valence-corrected chi connectivity index (χ0v) is 17.6. The first-order chi connectivity index (χ1) is 14.0. The maximum Gasteiger partial charge on any atom is 0.166 e. The predicted octanol–water partition coefficient (Wildman–Crippen LogP) is 7.11. The van der Waals surface area contributed by atoms with Crippen molar-refractivity contribution in [1.29, 1.82) is 0 Å². The Morgan fingerprint density at radius 2 is 1.38 bits per heavy atom. The molecule has 0 spiro atoms. The average molecular weight is 401 g/mol. The Balaban J connectivity index is 1.81. The molecule has 1 nitrogen and oxygen atoms in total. The van der Waals surface area contributed by atoms with Gasteiger partial charge in [-0.25, -0.2) is 0 Å². The van der Waals surface area contributed by atoms with E-state index in [0.29, 0.717) is 5.02 Å². The molecule has 4 rings (SSSR count). The molecule has 0 aliphatic heterocycles. The molecule has 3 aromatic carbocycles. The summed E-state index contributed by atoms with van der Waals surface area (Å²) in [6, 6.07) is 28.5. The summed E-state index contributed by atoms with van der Waals surface area (Å²) in [6.45, 7) is 4.23. The summed E-state index contributed by atoms with van der Waals surface area (Å²) in [5.74, 6) is 0.263. The fourth-order valence-electron chi connectivity index (χ4n) is 4.75. The van der Waals surface area contributed by atoms with Crippen LogP contribution in [0, 0.1) is 11.8 Å². The first kappa shape index (κ1) is 19.7. The Bertz CT molecular complexity index is 976. The average Bonchev–Trinajstić information content (AvgIpc) is 2.73. The minimum absolute atomic E-state index is 0.0495. The van der Waals surface area contributed by atoms with Crippen LogP contribution in [-0.4, -0.2) is 5.78 Å². The third-order valence-electron chi connectivity index (χ3n) is 6.10. The summed E-state index contributed by atoms with van der Waals surface area (Å²) < 4.78 is 0. The molecule has 0 radical (unpaired) electrons. The van der Waals surface area contributed by atoms with Gasteiger partial charge in [-0.2, -0.15) is 0 Å². The molecule has 1 aliphatic rings. The highest BCUT2D eigenvalue weighted by molar-refractivity contribution is 6.30. The Morgan fingerprint density at radius 1 is 0.862 bits per heavy atom. The SMILES string of the molecule is CC(C)=CC1C(C(=O)c2ccc(Cl)cc2)CC1(c1ccccc1)c1ccccc1. The van der Waals surface area contributed by atoms with Crippen LogP contribution in [0.4, 0.5) is 0 Å². The Morgan fingerprint density at radius 3 is 1.86 bits per heavy atom. The second-order valence-corrected chi connectivity index (χ2v) is 8.59. The van der Waals surface area contributed by atoms with E-state index in [1.165, 1.54) is 16.7 Å². The van der Waals surface area contributed by atoms with Gasteiger partial charge in [0.1, 0.15) is 0 Å². The molecule has 0 aromatic heterocycles. The number of Topliss-reactive ketones (excluding diaryl/α,β-unsaturated/α-hetero) is 1. The molecule has 1 saturated carbocycles. The van der Waals surface area contributed by atoms with Crippen molar-refractivity contribution < 1.29 is 4.79 Å². The molecule has 146 valence electrons. The molecule has 2 atom stereocenters. The lowest BCUT2D eigenvalue weighted by Crippen LogP contribution is -2.54. The zero-order chi connectivity index (χ0) is 20.4. The second-order valence-electron chi connectivity index (χ2n) is 8.15. The van der Waals surface area contributed by atoms with E-state index >= 15 is 0 Å². The first-order valence-electron chi connectivity index (χ1n) is 10.1. The Hall–Kier alpha value is -2.64. The number of hydrogen-bond donors (Lipinski definition) is 0. The van der Waals surface area contributed by atoms with Crippen LogP contribution < -0.4 is 0 Å². The van der Waals surface area contributed by atoms with E-state index < -0.39 is 0 Å². The number of rotatable bonds is 5. The molecule has 2 heteroatoms. The third kappa shape index (κ3) is 3.56. The van der Waals surface area contributed by atoms with Crippen LogP contribution in [0.5, 0.6) is 0 Å². The number of hydrogen-bond acceptors (Lipinski definition) is 1. The number of carbonyl (C=O) groups excluding carboxylic acids is 1. The molecule has 2 unspecified atom stereocenters. The molecule has 0 bridgehead atoms. The van der Waals surface area contributed by atoms with Crippen molar-refractivity contribution in [1.82, 2.24) is 0 Å². The van der Waals surface area contributed by atoms with Crippen LogP contribution in [0.1, 0.15) is 41.8 Å². The molecule has 1 fully saturated rings. The van der Waals surface area contributed by atoms with E-state index in [9.17, 15) is 4.79 Å². The van der Waals surface area contributed by atoms with E-state index in [-0.39, 0.29) is 23.0 Å². The lowest BCUT2D eigenvalue weighted by molar-refractivity contribution is 0.0598. The van der Waals surface area contributed by atoms with Gasteiger partial charge in [-0.05, 0) is 55.7 Å². The van der Waals surface area contributed by atoms with Crippen molar-refractivity contribution in [2.45, 2.75) is 25.7 Å². The van der Waals surface area contributed by atoms with Gasteiger partial charge in [0, 0.05) is 27.8 Å². The summed E-state index contributed by atoms with van der Waals surface area (Å²) >= 11 is 6.03. The standard InChI is InChI=1S/C27H25ClO/c1-19(2)17-25-24(26(29)20-13-15-23(28)16-14-20)18-27(25,21-9-5-3-6-10-21)22-11-7-4-8-12-22/h3-17,24-25H,18H2,1-2H3. The van der Waals surface area contributed by atoms with Gasteiger partial charge in [-0.3, -0.25) is 4.79 Å². The van der Waals surface area contributed by atoms with Crippen molar-refractivity contribution in [3.63, 3.8) is 0 Å². The molecule has 29 heavy (non-hydrogen) atoms. The molecule has 0 amide bonds. The lowest BCUT2D eigenvalue weighted by atomic mass is 9.47. The molecule has 0 N–H and O–H groups in total. The van der Waals surface area contributed by atoms with Crippen LogP contribution in [0.3, 0.4) is 0 Å². The monoisotopic (exact) mass is 400 g/mol. The lowest BCUT2D eigenvalue weighted by Gasteiger charge is -2.55. The summed E-state index contributed by atoms with van der Waals surface area (Å²) in [6.07, 6.45) is 3.10. The van der Waals surface area contributed by atoms with Crippen molar-refractivity contribution in [2.75, 3.05) is 0 Å². The van der Waals surface area contributed by atoms with Crippen LogP contribution in [0.2, 0.25) is 5.02 Å². The minimum atomic E-state index is -0.188. The van der Waals surface area contributed by atoms with Gasteiger partial charge in [-0.15, -0.1) is 0 Å². The van der Waals surface area contributed by atoms with Gasteiger partial charge in [0.05, 0.1) is 0 Å². The molecular weight excluding hydrogens is 376 g/mol. The molecule has 1 aliphatic carbocycles. The fourth-order valence-corrected chi connectivity index (χ4v) is 4.88. The second kappa shape index (κ2) is 8.00. The molecule has 0 saturated heterocycles. The normalized spacial score (nSPS) is 19.8. The van der Waals surface area contributed by atoms with Gasteiger partial charge in [0.25, 0.3) is 0 Å². The molecule has 0 heterocycles. The number of allylic oxidation sites excluding steroid dienone is 2. The fraction of sp³-hybridized carbons (Fsp3) is 0.222. The largest absolute Gasteiger partial charge is 0.294 e. The number of halogens is 1. The van der Waals surface area contributed by atoms with E-state index in [2.05, 4.69) is 68.5 Å². The van der Waals surface area contributed by atoms with Gasteiger partial charge in [0.15, 0.2) is 5.78 Å². The minimum Gasteiger partial charge on any atom is -0.294 e. The highest BCUT2D eigenvalue weighted by Crippen LogP contribution is 2.58. The number of carbonyl (C=O) groups is 1. The highest BCUT2D eigenvalue weighted by Gasteiger charge is 2.57. The van der Waals surface area contributed by atoms with E-state index in [4.69, 9.17) is 11.6 Å². The summed E-state index contributed by atoms with van der Waals surface area (Å²) in [5.41, 5.74) is 4.33. The van der Waals surface area contributed by atoms with Crippen LogP contribution in [-0.2, 0) is 5.41 Å². The molecular formula is C27H25ClO. The first-order valence-corrected chi connectivity index (χ1v) is 10.5. The van der Waals surface area contributed by atoms with Gasteiger partial charge >= 0.3 is 0 Å². The summed E-state index contributed by atoms with van der Waals surface area (Å²) in [5, 5.41) is 0.652. The van der Waals surface area contributed by atoms with Crippen molar-refractivity contribution in [2.24, 2.45) is 11.8 Å². The van der Waals surface area contributed by atoms with E-state index in [1.807, 2.05) is 24.3 Å². The molecule has 3 aromatic rings. The number of benzene rings is 3. The van der Waals surface area contributed by atoms with Crippen molar-refractivity contribution in [3.8, 4) is 0 Å². The predicted molar refractivity (Wildman–Crippen MR) is 120 cm³/mol. The van der Waals surface area contributed by atoms with E-state index in [0.717, 1.165) is 12.0 Å². The topological polar surface area (TPSA) is 17.1 Å². The third-order valence-corrected chi connectivity index (χ3v) is 6.35. The Labute approximate surface area is 178 Å². The van der Waals surface area contributed by atoms with Crippen molar-refractivity contribution >= 4 is 17.4 Å². The van der Waals surface area contributed by atoms with Gasteiger partial charge in [-0.1, -0.05) is 83.9 Å². The smallest absolute Gasteiger partial charge is 0.166 e. The van der Waals surface area contributed by atoms with E-state index in [1.54, 1.807) is 12.1 Å². The summed E-state index contributed by atoms with van der Waals surface area (Å²) in [7, 11) is 0. The maximum atomic E-state index is 13.4. The zero-order valence-electron chi connectivity index (χ0n) is 16.8. The van der Waals surface area contributed by atoms with Crippen LogP contribution in [0.15, 0.2) is 96.6 Å². The Kier molecular flexibility index (Phi) is 5.43. The maximum absolute atomic E-state index is 13.4. The highest BCUT2D eigenvalue weighted by atomic mass is 35.5. The van der Waals surface area contributed by atoms with Crippen LogP contribution in [0.25, 0.3) is 0 Å². The van der Waals surface area contributed by atoms with Gasteiger partial charge < -0.3 is 0 Å². The van der Waals surface area contributed by atoms with Gasteiger partial charge in [0.2, 0.25) is 0 Å².